The summed E-state index contributed by atoms with van der Waals surface area (Å²) in [6.07, 6.45) is 10.3. The number of piperidine rings is 1. The van der Waals surface area contributed by atoms with Gasteiger partial charge in [-0.2, -0.15) is 5.10 Å². The minimum absolute atomic E-state index is 0.286. The van der Waals surface area contributed by atoms with Crippen LogP contribution in [0.2, 0.25) is 0 Å². The van der Waals surface area contributed by atoms with Gasteiger partial charge >= 0.3 is 0 Å². The second-order valence-corrected chi connectivity index (χ2v) is 8.65. The van der Waals surface area contributed by atoms with Crippen molar-refractivity contribution in [3.8, 4) is 11.4 Å². The van der Waals surface area contributed by atoms with Gasteiger partial charge in [0.05, 0.1) is 23.8 Å². The van der Waals surface area contributed by atoms with Gasteiger partial charge in [-0.15, -0.1) is 0 Å². The van der Waals surface area contributed by atoms with Gasteiger partial charge < -0.3 is 0 Å². The van der Waals surface area contributed by atoms with Crippen LogP contribution in [0.1, 0.15) is 31.9 Å². The van der Waals surface area contributed by atoms with Gasteiger partial charge in [0.2, 0.25) is 10.0 Å². The van der Waals surface area contributed by atoms with Gasteiger partial charge in [0.1, 0.15) is 5.69 Å². The van der Waals surface area contributed by atoms with Crippen LogP contribution in [0, 0.1) is 5.92 Å². The van der Waals surface area contributed by atoms with E-state index >= 15 is 0 Å². The molecule has 2 aromatic rings. The molecule has 1 saturated heterocycles. The van der Waals surface area contributed by atoms with E-state index in [-0.39, 0.29) is 5.92 Å². The maximum Gasteiger partial charge on any atom is 0.211 e. The van der Waals surface area contributed by atoms with Gasteiger partial charge in [0, 0.05) is 32.0 Å². The number of aromatic nitrogens is 4. The molecule has 25 heavy (non-hydrogen) atoms. The number of hydrogen-bond donors (Lipinski definition) is 0. The first-order valence-corrected chi connectivity index (χ1v) is 10.6. The molecular formula is C17H25N5O2S. The van der Waals surface area contributed by atoms with Gasteiger partial charge in [-0.1, -0.05) is 6.92 Å². The Bertz CT molecular complexity index is 818. The molecule has 0 saturated carbocycles. The molecule has 1 aliphatic heterocycles. The van der Waals surface area contributed by atoms with E-state index in [1.165, 1.54) is 6.26 Å². The van der Waals surface area contributed by atoms with E-state index in [1.807, 2.05) is 10.7 Å². The van der Waals surface area contributed by atoms with Crippen molar-refractivity contribution in [2.75, 3.05) is 19.3 Å². The minimum Gasteiger partial charge on any atom is -0.263 e. The van der Waals surface area contributed by atoms with Crippen LogP contribution >= 0.6 is 0 Å². The van der Waals surface area contributed by atoms with Crippen molar-refractivity contribution < 1.29 is 8.42 Å². The van der Waals surface area contributed by atoms with E-state index in [0.29, 0.717) is 13.1 Å². The quantitative estimate of drug-likeness (QED) is 0.784. The van der Waals surface area contributed by atoms with Crippen LogP contribution in [0.5, 0.6) is 0 Å². The third-order valence-electron chi connectivity index (χ3n) is 4.55. The zero-order valence-corrected chi connectivity index (χ0v) is 15.6. The lowest BCUT2D eigenvalue weighted by atomic mass is 9.95. The maximum atomic E-state index is 11.8. The summed E-state index contributed by atoms with van der Waals surface area (Å²) in [6, 6.07) is 1.95. The van der Waals surface area contributed by atoms with Gasteiger partial charge in [-0.25, -0.2) is 17.7 Å². The van der Waals surface area contributed by atoms with E-state index in [2.05, 4.69) is 17.0 Å². The van der Waals surface area contributed by atoms with Crippen LogP contribution in [-0.4, -0.2) is 51.8 Å². The molecule has 136 valence electrons. The molecule has 2 aromatic heterocycles. The van der Waals surface area contributed by atoms with Crippen LogP contribution in [0.4, 0.5) is 0 Å². The molecule has 1 atom stereocenters. The first kappa shape index (κ1) is 18.0. The van der Waals surface area contributed by atoms with Gasteiger partial charge in [0.15, 0.2) is 0 Å². The lowest BCUT2D eigenvalue weighted by Crippen LogP contribution is -2.39. The number of nitrogens with zero attached hydrogens (tertiary/aromatic N) is 5. The topological polar surface area (TPSA) is 81.0 Å². The Morgan fingerprint density at radius 2 is 2.16 bits per heavy atom. The van der Waals surface area contributed by atoms with Crippen LogP contribution in [0.15, 0.2) is 24.7 Å². The summed E-state index contributed by atoms with van der Waals surface area (Å²) in [4.78, 5) is 9.09. The number of hydrogen-bond acceptors (Lipinski definition) is 5. The molecule has 0 spiro atoms. The van der Waals surface area contributed by atoms with Crippen molar-refractivity contribution in [1.29, 1.82) is 0 Å². The Balaban J connectivity index is 1.75. The Hall–Kier alpha value is -1.80. The zero-order chi connectivity index (χ0) is 17.9. The summed E-state index contributed by atoms with van der Waals surface area (Å²) in [5, 5.41) is 4.34. The molecule has 0 bridgehead atoms. The first-order chi connectivity index (χ1) is 12.0. The van der Waals surface area contributed by atoms with Crippen molar-refractivity contribution in [2.24, 2.45) is 5.92 Å². The Labute approximate surface area is 149 Å². The largest absolute Gasteiger partial charge is 0.263 e. The third kappa shape index (κ3) is 4.43. The number of aryl methyl sites for hydroxylation is 1. The summed E-state index contributed by atoms with van der Waals surface area (Å²) in [5.74, 6) is 0.286. The van der Waals surface area contributed by atoms with E-state index in [0.717, 1.165) is 49.3 Å². The average Bonchev–Trinajstić information content (AvgIpc) is 3.03. The standard InChI is InChI=1S/C17H25N5O2S/c1-3-8-22-17(6-7-19-22)16-12-18-11-15(20-16)10-14-5-4-9-21(13-14)25(2,23)24/h6-7,11-12,14H,3-5,8-10,13H2,1-2H3. The Morgan fingerprint density at radius 3 is 2.92 bits per heavy atom. The highest BCUT2D eigenvalue weighted by Crippen LogP contribution is 2.23. The highest BCUT2D eigenvalue weighted by molar-refractivity contribution is 7.88. The van der Waals surface area contributed by atoms with E-state index in [1.54, 1.807) is 22.9 Å². The fourth-order valence-electron chi connectivity index (χ4n) is 3.36. The molecule has 0 N–H and O–H groups in total. The molecule has 8 heteroatoms. The third-order valence-corrected chi connectivity index (χ3v) is 5.82. The zero-order valence-electron chi connectivity index (χ0n) is 14.8. The summed E-state index contributed by atoms with van der Waals surface area (Å²) < 4.78 is 27.1. The normalized spacial score (nSPS) is 19.2. The lowest BCUT2D eigenvalue weighted by Gasteiger charge is -2.30. The molecule has 0 aliphatic carbocycles. The molecule has 1 unspecified atom stereocenters. The fourth-order valence-corrected chi connectivity index (χ4v) is 4.30. The molecule has 1 aliphatic rings. The minimum atomic E-state index is -3.12. The van der Waals surface area contributed by atoms with Crippen molar-refractivity contribution in [2.45, 2.75) is 39.2 Å². The highest BCUT2D eigenvalue weighted by atomic mass is 32.2. The molecule has 7 nitrogen and oxygen atoms in total. The Kier molecular flexibility index (Phi) is 5.48. The van der Waals surface area contributed by atoms with Gasteiger partial charge in [-0.05, 0) is 37.7 Å². The van der Waals surface area contributed by atoms with Gasteiger partial charge in [-0.3, -0.25) is 9.67 Å². The molecular weight excluding hydrogens is 338 g/mol. The second kappa shape index (κ2) is 7.61. The highest BCUT2D eigenvalue weighted by Gasteiger charge is 2.26. The van der Waals surface area contributed by atoms with Crippen LogP contribution in [0.3, 0.4) is 0 Å². The molecule has 3 rings (SSSR count). The number of sulfonamides is 1. The molecule has 0 amide bonds. The average molecular weight is 363 g/mol. The maximum absolute atomic E-state index is 11.8. The van der Waals surface area contributed by atoms with E-state index in [9.17, 15) is 8.42 Å². The number of rotatable bonds is 6. The van der Waals surface area contributed by atoms with Crippen molar-refractivity contribution in [1.82, 2.24) is 24.1 Å². The summed E-state index contributed by atoms with van der Waals surface area (Å²) >= 11 is 0. The second-order valence-electron chi connectivity index (χ2n) is 6.67. The predicted octanol–water partition coefficient (Wildman–Crippen LogP) is 1.96. The molecule has 1 fully saturated rings. The van der Waals surface area contributed by atoms with Crippen LogP contribution < -0.4 is 0 Å². The predicted molar refractivity (Wildman–Crippen MR) is 96.4 cm³/mol. The summed E-state index contributed by atoms with van der Waals surface area (Å²) in [5.41, 5.74) is 2.69. The van der Waals surface area contributed by atoms with Crippen LogP contribution in [0.25, 0.3) is 11.4 Å². The fraction of sp³-hybridized carbons (Fsp3) is 0.588. The summed E-state index contributed by atoms with van der Waals surface area (Å²) in [6.45, 7) is 4.15. The smallest absolute Gasteiger partial charge is 0.211 e. The lowest BCUT2D eigenvalue weighted by molar-refractivity contribution is 0.265. The molecule has 3 heterocycles. The van der Waals surface area contributed by atoms with E-state index < -0.39 is 10.0 Å². The van der Waals surface area contributed by atoms with Crippen molar-refractivity contribution >= 4 is 10.0 Å². The van der Waals surface area contributed by atoms with Crippen LogP contribution in [-0.2, 0) is 23.0 Å². The van der Waals surface area contributed by atoms with E-state index in [4.69, 9.17) is 4.98 Å². The molecule has 0 aromatic carbocycles. The van der Waals surface area contributed by atoms with Crippen molar-refractivity contribution in [3.63, 3.8) is 0 Å². The van der Waals surface area contributed by atoms with Crippen molar-refractivity contribution in [3.05, 3.63) is 30.4 Å². The Morgan fingerprint density at radius 1 is 1.32 bits per heavy atom. The first-order valence-electron chi connectivity index (χ1n) is 8.75. The van der Waals surface area contributed by atoms with Gasteiger partial charge in [0.25, 0.3) is 0 Å². The monoisotopic (exact) mass is 363 g/mol. The summed E-state index contributed by atoms with van der Waals surface area (Å²) in [7, 11) is -3.12. The SMILES string of the molecule is CCCn1nccc1-c1cncc(CC2CCCN(S(C)(=O)=O)C2)n1. The molecule has 0 radical (unpaired) electrons.